The van der Waals surface area contributed by atoms with Crippen molar-refractivity contribution in [3.05, 3.63) is 24.3 Å². The van der Waals surface area contributed by atoms with Gasteiger partial charge >= 0.3 is 6.01 Å². The maximum atomic E-state index is 12.8. The van der Waals surface area contributed by atoms with Gasteiger partial charge in [0.2, 0.25) is 11.7 Å². The fourth-order valence-corrected chi connectivity index (χ4v) is 5.20. The quantitative estimate of drug-likeness (QED) is 0.611. The molecule has 3 atom stereocenters. The summed E-state index contributed by atoms with van der Waals surface area (Å²) in [6.45, 7) is 10.2. The van der Waals surface area contributed by atoms with Crippen molar-refractivity contribution in [2.75, 3.05) is 51.3 Å². The SMILES string of the molecule is COc1ccc(-c2noc(N3CCC[C@H](C(=O)NCCCN4C[C@H](C)C[C@@H](C)C4)C3)n2)cc1. The summed E-state index contributed by atoms with van der Waals surface area (Å²) in [7, 11) is 1.64. The lowest BCUT2D eigenvalue weighted by Crippen LogP contribution is -2.44. The van der Waals surface area contributed by atoms with Gasteiger partial charge in [-0.3, -0.25) is 4.79 Å². The number of rotatable bonds is 8. The van der Waals surface area contributed by atoms with Crippen molar-refractivity contribution >= 4 is 11.9 Å². The summed E-state index contributed by atoms with van der Waals surface area (Å²) in [6, 6.07) is 8.04. The number of nitrogens with zero attached hydrogens (tertiary/aromatic N) is 4. The Labute approximate surface area is 196 Å². The molecule has 1 aromatic heterocycles. The Bertz CT molecular complexity index is 890. The van der Waals surface area contributed by atoms with E-state index in [-0.39, 0.29) is 11.8 Å². The van der Waals surface area contributed by atoms with E-state index in [9.17, 15) is 4.79 Å². The van der Waals surface area contributed by atoms with E-state index in [0.717, 1.165) is 62.0 Å². The minimum Gasteiger partial charge on any atom is -0.497 e. The van der Waals surface area contributed by atoms with E-state index in [1.54, 1.807) is 7.11 Å². The van der Waals surface area contributed by atoms with E-state index in [2.05, 4.69) is 34.2 Å². The van der Waals surface area contributed by atoms with Crippen LogP contribution in [-0.4, -0.2) is 67.3 Å². The molecule has 2 aromatic rings. The van der Waals surface area contributed by atoms with Gasteiger partial charge in [0.1, 0.15) is 5.75 Å². The van der Waals surface area contributed by atoms with E-state index < -0.39 is 0 Å². The molecular formula is C25H37N5O3. The highest BCUT2D eigenvalue weighted by Gasteiger charge is 2.28. The first-order valence-electron chi connectivity index (χ1n) is 12.2. The zero-order valence-corrected chi connectivity index (χ0v) is 20.1. The number of benzene rings is 1. The van der Waals surface area contributed by atoms with Crippen LogP contribution in [-0.2, 0) is 4.79 Å². The molecule has 1 aromatic carbocycles. The van der Waals surface area contributed by atoms with Crippen LogP contribution in [0.3, 0.4) is 0 Å². The Kier molecular flexibility index (Phi) is 7.85. The molecule has 33 heavy (non-hydrogen) atoms. The van der Waals surface area contributed by atoms with Crippen molar-refractivity contribution in [3.63, 3.8) is 0 Å². The minimum atomic E-state index is -0.0508. The molecule has 180 valence electrons. The number of carbonyl (C=O) groups excluding carboxylic acids is 1. The maximum absolute atomic E-state index is 12.8. The molecule has 1 amide bonds. The third-order valence-electron chi connectivity index (χ3n) is 6.72. The van der Waals surface area contributed by atoms with Gasteiger partial charge in [0.05, 0.1) is 13.0 Å². The van der Waals surface area contributed by atoms with Crippen molar-refractivity contribution < 1.29 is 14.1 Å². The van der Waals surface area contributed by atoms with Crippen LogP contribution < -0.4 is 15.0 Å². The molecule has 4 rings (SSSR count). The first-order chi connectivity index (χ1) is 16.0. The molecule has 1 N–H and O–H groups in total. The Morgan fingerprint density at radius 3 is 2.67 bits per heavy atom. The molecule has 2 aliphatic rings. The number of ether oxygens (including phenoxy) is 1. The highest BCUT2D eigenvalue weighted by atomic mass is 16.5. The standard InChI is InChI=1S/C25H37N5O3/c1-18-14-19(2)16-29(15-18)12-5-11-26-24(31)21-6-4-13-30(17-21)25-27-23(28-33-25)20-7-9-22(32-3)10-8-20/h7-10,18-19,21H,4-6,11-17H2,1-3H3,(H,26,31)/t18-,19-,21+/m1/s1. The van der Waals surface area contributed by atoms with Crippen molar-refractivity contribution in [2.24, 2.45) is 17.8 Å². The summed E-state index contributed by atoms with van der Waals surface area (Å²) in [6.07, 6.45) is 4.15. The summed E-state index contributed by atoms with van der Waals surface area (Å²) in [4.78, 5) is 21.9. The topological polar surface area (TPSA) is 83.7 Å². The van der Waals surface area contributed by atoms with Gasteiger partial charge in [0.15, 0.2) is 0 Å². The van der Waals surface area contributed by atoms with Gasteiger partial charge in [0.25, 0.3) is 0 Å². The fraction of sp³-hybridized carbons (Fsp3) is 0.640. The average molecular weight is 456 g/mol. The number of likely N-dealkylation sites (tertiary alicyclic amines) is 1. The fourth-order valence-electron chi connectivity index (χ4n) is 5.20. The second kappa shape index (κ2) is 11.0. The molecule has 8 nitrogen and oxygen atoms in total. The van der Waals surface area contributed by atoms with E-state index in [1.807, 2.05) is 29.2 Å². The van der Waals surface area contributed by atoms with Crippen LogP contribution in [0, 0.1) is 17.8 Å². The lowest BCUT2D eigenvalue weighted by atomic mass is 9.92. The predicted octanol–water partition coefficient (Wildman–Crippen LogP) is 3.45. The molecule has 0 radical (unpaired) electrons. The summed E-state index contributed by atoms with van der Waals surface area (Å²) in [5.74, 6) is 2.95. The third kappa shape index (κ3) is 6.25. The monoisotopic (exact) mass is 455 g/mol. The van der Waals surface area contributed by atoms with E-state index >= 15 is 0 Å². The maximum Gasteiger partial charge on any atom is 0.324 e. The number of hydrogen-bond donors (Lipinski definition) is 1. The van der Waals surface area contributed by atoms with Crippen LogP contribution in [0.2, 0.25) is 0 Å². The molecule has 0 aliphatic carbocycles. The Hall–Kier alpha value is -2.61. The van der Waals surface area contributed by atoms with Crippen LogP contribution >= 0.6 is 0 Å². The van der Waals surface area contributed by atoms with Crippen molar-refractivity contribution in [2.45, 2.75) is 39.5 Å². The second-order valence-electron chi connectivity index (χ2n) is 9.76. The zero-order chi connectivity index (χ0) is 23.2. The number of hydrogen-bond acceptors (Lipinski definition) is 7. The Morgan fingerprint density at radius 2 is 1.94 bits per heavy atom. The number of piperidine rings is 2. The lowest BCUT2D eigenvalue weighted by Gasteiger charge is -2.35. The first-order valence-corrected chi connectivity index (χ1v) is 12.2. The van der Waals surface area contributed by atoms with Gasteiger partial charge in [-0.2, -0.15) is 4.98 Å². The van der Waals surface area contributed by atoms with Gasteiger partial charge in [-0.1, -0.05) is 19.0 Å². The van der Waals surface area contributed by atoms with E-state index in [1.165, 1.54) is 19.5 Å². The minimum absolute atomic E-state index is 0.0508. The van der Waals surface area contributed by atoms with Gasteiger partial charge in [-0.05, 0) is 68.3 Å². The number of carbonyl (C=O) groups is 1. The molecule has 0 spiro atoms. The Balaban J connectivity index is 1.24. The van der Waals surface area contributed by atoms with Crippen molar-refractivity contribution in [3.8, 4) is 17.1 Å². The number of aromatic nitrogens is 2. The summed E-state index contributed by atoms with van der Waals surface area (Å²) in [5.41, 5.74) is 0.870. The van der Waals surface area contributed by atoms with Crippen LogP contribution in [0.25, 0.3) is 11.4 Å². The number of methoxy groups -OCH3 is 1. The van der Waals surface area contributed by atoms with E-state index in [0.29, 0.717) is 18.4 Å². The molecule has 3 heterocycles. The van der Waals surface area contributed by atoms with Gasteiger partial charge in [0, 0.05) is 38.3 Å². The highest BCUT2D eigenvalue weighted by molar-refractivity contribution is 5.79. The predicted molar refractivity (Wildman–Crippen MR) is 128 cm³/mol. The van der Waals surface area contributed by atoms with Crippen LogP contribution in [0.15, 0.2) is 28.8 Å². The third-order valence-corrected chi connectivity index (χ3v) is 6.72. The molecule has 8 heteroatoms. The number of amides is 1. The molecule has 2 fully saturated rings. The normalized spacial score (nSPS) is 24.0. The van der Waals surface area contributed by atoms with Gasteiger partial charge in [-0.25, -0.2) is 0 Å². The van der Waals surface area contributed by atoms with Crippen LogP contribution in [0.5, 0.6) is 5.75 Å². The molecule has 2 aliphatic heterocycles. The molecule has 0 saturated carbocycles. The molecule has 2 saturated heterocycles. The lowest BCUT2D eigenvalue weighted by molar-refractivity contribution is -0.125. The Morgan fingerprint density at radius 1 is 1.18 bits per heavy atom. The zero-order valence-electron chi connectivity index (χ0n) is 20.1. The number of nitrogens with one attached hydrogen (secondary N) is 1. The van der Waals surface area contributed by atoms with Gasteiger partial charge in [-0.15, -0.1) is 0 Å². The molecule has 0 unspecified atom stereocenters. The highest BCUT2D eigenvalue weighted by Crippen LogP contribution is 2.26. The second-order valence-corrected chi connectivity index (χ2v) is 9.76. The smallest absolute Gasteiger partial charge is 0.324 e. The van der Waals surface area contributed by atoms with Crippen LogP contribution in [0.1, 0.15) is 39.5 Å². The van der Waals surface area contributed by atoms with Crippen molar-refractivity contribution in [1.82, 2.24) is 20.4 Å². The largest absolute Gasteiger partial charge is 0.497 e. The van der Waals surface area contributed by atoms with E-state index in [4.69, 9.17) is 9.26 Å². The van der Waals surface area contributed by atoms with Crippen molar-refractivity contribution in [1.29, 1.82) is 0 Å². The van der Waals surface area contributed by atoms with Gasteiger partial charge < -0.3 is 24.4 Å². The summed E-state index contributed by atoms with van der Waals surface area (Å²) in [5, 5.41) is 7.29. The van der Waals surface area contributed by atoms with Crippen LogP contribution in [0.4, 0.5) is 6.01 Å². The molecular weight excluding hydrogens is 418 g/mol. The number of anilines is 1. The molecule has 0 bridgehead atoms. The summed E-state index contributed by atoms with van der Waals surface area (Å²) < 4.78 is 10.7. The summed E-state index contributed by atoms with van der Waals surface area (Å²) >= 11 is 0. The average Bonchev–Trinajstić information content (AvgIpc) is 3.32. The first kappa shape index (κ1) is 23.5.